The molecule has 7 rings (SSSR count). The second-order valence-corrected chi connectivity index (χ2v) is 9.63. The lowest BCUT2D eigenvalue weighted by Gasteiger charge is -2.16. The predicted octanol–water partition coefficient (Wildman–Crippen LogP) is 8.13. The van der Waals surface area contributed by atoms with Gasteiger partial charge in [0.2, 0.25) is 11.4 Å². The highest BCUT2D eigenvalue weighted by atomic mass is 19.5. The van der Waals surface area contributed by atoms with E-state index in [2.05, 4.69) is 114 Å². The van der Waals surface area contributed by atoms with Crippen molar-refractivity contribution < 1.29 is 21.8 Å². The molecule has 0 saturated heterocycles. The smallest absolute Gasteiger partial charge is 0.418 e. The molecule has 0 fully saturated rings. The largest absolute Gasteiger partial charge is 0.673 e. The quantitative estimate of drug-likeness (QED) is 0.129. The molecule has 2 aliphatic rings. The summed E-state index contributed by atoms with van der Waals surface area (Å²) >= 11 is 0. The number of nitrogens with zero attached hydrogens (tertiary/aromatic N) is 1. The van der Waals surface area contributed by atoms with Gasteiger partial charge >= 0.3 is 7.25 Å². The summed E-state index contributed by atoms with van der Waals surface area (Å²) in [6.45, 7) is 0.878. The number of hydrogen-bond donors (Lipinski definition) is 0. The van der Waals surface area contributed by atoms with Gasteiger partial charge in [-0.2, -0.15) is 4.57 Å². The minimum Gasteiger partial charge on any atom is -0.418 e. The van der Waals surface area contributed by atoms with Crippen LogP contribution in [0.2, 0.25) is 0 Å². The summed E-state index contributed by atoms with van der Waals surface area (Å²) in [4.78, 5) is 0. The molecule has 4 aromatic carbocycles. The molecule has 0 spiro atoms. The van der Waals surface area contributed by atoms with Crippen LogP contribution >= 0.6 is 0 Å². The Morgan fingerprint density at radius 1 is 0.553 bits per heavy atom. The van der Waals surface area contributed by atoms with Gasteiger partial charge in [0.1, 0.15) is 0 Å². The van der Waals surface area contributed by atoms with E-state index in [1.54, 1.807) is 0 Å². The first-order valence-electron chi connectivity index (χ1n) is 12.6. The highest BCUT2D eigenvalue weighted by molar-refractivity contribution is 6.50. The van der Waals surface area contributed by atoms with E-state index < -0.39 is 7.25 Å². The van der Waals surface area contributed by atoms with Crippen LogP contribution in [-0.2, 0) is 19.4 Å². The zero-order chi connectivity index (χ0) is 26.3. The van der Waals surface area contributed by atoms with E-state index in [1.807, 2.05) is 0 Å². The Bertz CT molecular complexity index is 1550. The Hall–Kier alpha value is -4.19. The third-order valence-corrected chi connectivity index (χ3v) is 7.24. The molecule has 188 valence electrons. The minimum atomic E-state index is -6.00. The van der Waals surface area contributed by atoms with Crippen LogP contribution in [0.1, 0.15) is 27.8 Å². The van der Waals surface area contributed by atoms with Gasteiger partial charge in [0.05, 0.1) is 11.1 Å². The van der Waals surface area contributed by atoms with Gasteiger partial charge in [0, 0.05) is 35.1 Å². The lowest BCUT2D eigenvalue weighted by Crippen LogP contribution is -2.40. The average Bonchev–Trinajstić information content (AvgIpc) is 3.48. The maximum absolute atomic E-state index is 9.75. The van der Waals surface area contributed by atoms with E-state index in [4.69, 9.17) is 0 Å². The number of fused-ring (bicyclic) bond motifs is 6. The summed E-state index contributed by atoms with van der Waals surface area (Å²) in [5, 5.41) is 0. The molecule has 5 aromatic rings. The Labute approximate surface area is 219 Å². The lowest BCUT2D eigenvalue weighted by molar-refractivity contribution is -0.666. The SMILES string of the molecule is F[B-](F)(F)F.c1ccc(C[n+]2c3c(c(-c4ccccc4)c4c2-c2ccccc2C4)Cc2ccccc2-3)cc1. The van der Waals surface area contributed by atoms with E-state index in [9.17, 15) is 17.3 Å². The van der Waals surface area contributed by atoms with E-state index in [0.29, 0.717) is 0 Å². The van der Waals surface area contributed by atoms with Gasteiger partial charge in [-0.3, -0.25) is 0 Å². The molecule has 0 saturated carbocycles. The first kappa shape index (κ1) is 24.2. The molecule has 0 amide bonds. The van der Waals surface area contributed by atoms with Crippen LogP contribution in [-0.4, -0.2) is 7.25 Å². The average molecular weight is 509 g/mol. The fourth-order valence-electron chi connectivity index (χ4n) is 5.89. The molecule has 1 aromatic heterocycles. The topological polar surface area (TPSA) is 3.88 Å². The van der Waals surface area contributed by atoms with Gasteiger partial charge in [-0.25, -0.2) is 0 Å². The van der Waals surface area contributed by atoms with Crippen molar-refractivity contribution in [3.05, 3.63) is 137 Å². The van der Waals surface area contributed by atoms with Gasteiger partial charge in [-0.05, 0) is 28.8 Å². The maximum atomic E-state index is 9.75. The number of halogens is 4. The summed E-state index contributed by atoms with van der Waals surface area (Å²) in [6.07, 6.45) is 1.99. The Morgan fingerprint density at radius 2 is 0.974 bits per heavy atom. The first-order valence-corrected chi connectivity index (χ1v) is 12.6. The van der Waals surface area contributed by atoms with Crippen LogP contribution in [0.5, 0.6) is 0 Å². The van der Waals surface area contributed by atoms with E-state index in [1.165, 1.54) is 61.5 Å². The predicted molar refractivity (Wildman–Crippen MR) is 144 cm³/mol. The number of rotatable bonds is 3. The Balaban J connectivity index is 0.000000487. The zero-order valence-corrected chi connectivity index (χ0v) is 20.6. The highest BCUT2D eigenvalue weighted by Crippen LogP contribution is 2.47. The van der Waals surface area contributed by atoms with Gasteiger partial charge in [0.15, 0.2) is 6.54 Å². The summed E-state index contributed by atoms with van der Waals surface area (Å²) in [7, 11) is -6.00. The number of aromatic nitrogens is 1. The molecule has 0 radical (unpaired) electrons. The summed E-state index contributed by atoms with van der Waals surface area (Å²) in [5.74, 6) is 0. The number of benzene rings is 4. The van der Waals surface area contributed by atoms with Crippen molar-refractivity contribution in [2.75, 3.05) is 0 Å². The van der Waals surface area contributed by atoms with Crippen molar-refractivity contribution in [1.82, 2.24) is 0 Å². The number of pyridine rings is 1. The molecule has 0 atom stereocenters. The van der Waals surface area contributed by atoms with Gasteiger partial charge in [0.25, 0.3) is 0 Å². The second kappa shape index (κ2) is 9.60. The number of hydrogen-bond acceptors (Lipinski definition) is 0. The van der Waals surface area contributed by atoms with Gasteiger partial charge in [-0.1, -0.05) is 97.1 Å². The molecule has 0 unspecified atom stereocenters. The van der Waals surface area contributed by atoms with Crippen LogP contribution in [0, 0.1) is 0 Å². The minimum absolute atomic E-state index is 0.878. The Kier molecular flexibility index (Phi) is 6.11. The van der Waals surface area contributed by atoms with Crippen molar-refractivity contribution >= 4 is 7.25 Å². The molecule has 2 aliphatic carbocycles. The van der Waals surface area contributed by atoms with Crippen LogP contribution < -0.4 is 4.57 Å². The van der Waals surface area contributed by atoms with Crippen LogP contribution in [0.3, 0.4) is 0 Å². The molecule has 1 nitrogen and oxygen atoms in total. The summed E-state index contributed by atoms with van der Waals surface area (Å²) in [6, 6.07) is 39.9. The first-order chi connectivity index (χ1) is 18.4. The van der Waals surface area contributed by atoms with E-state index in [-0.39, 0.29) is 0 Å². The van der Waals surface area contributed by atoms with Crippen molar-refractivity contribution in [1.29, 1.82) is 0 Å². The van der Waals surface area contributed by atoms with Crippen molar-refractivity contribution in [3.63, 3.8) is 0 Å². The molecule has 38 heavy (non-hydrogen) atoms. The molecular weight excluding hydrogens is 485 g/mol. The van der Waals surface area contributed by atoms with Gasteiger partial charge < -0.3 is 17.3 Å². The summed E-state index contributed by atoms with van der Waals surface area (Å²) in [5.41, 5.74) is 15.5. The van der Waals surface area contributed by atoms with E-state index in [0.717, 1.165) is 19.4 Å². The van der Waals surface area contributed by atoms with Crippen LogP contribution in [0.4, 0.5) is 17.3 Å². The highest BCUT2D eigenvalue weighted by Gasteiger charge is 2.40. The molecule has 0 aliphatic heterocycles. The molecular formula is C32H24BF4N. The van der Waals surface area contributed by atoms with Crippen molar-refractivity contribution in [2.45, 2.75) is 19.4 Å². The van der Waals surface area contributed by atoms with Crippen molar-refractivity contribution in [2.24, 2.45) is 0 Å². The fourth-order valence-corrected chi connectivity index (χ4v) is 5.89. The van der Waals surface area contributed by atoms with Crippen LogP contribution in [0.25, 0.3) is 33.6 Å². The molecule has 0 N–H and O–H groups in total. The van der Waals surface area contributed by atoms with Crippen LogP contribution in [0.15, 0.2) is 109 Å². The molecule has 6 heteroatoms. The van der Waals surface area contributed by atoms with Gasteiger partial charge in [-0.15, -0.1) is 0 Å². The molecule has 1 heterocycles. The standard InChI is InChI=1S/C32H24N.BF4/c1-3-11-22(12-4-1)21-33-31-26-17-9-7-15-24(26)19-28(31)30(23-13-5-2-6-14-23)29-20-25-16-8-10-18-27(25)32(29)33;2-1(3,4)5/h1-18H,19-21H2;/q+1;-1. The summed E-state index contributed by atoms with van der Waals surface area (Å²) < 4.78 is 41.6. The van der Waals surface area contributed by atoms with E-state index >= 15 is 0 Å². The monoisotopic (exact) mass is 509 g/mol. The molecule has 0 bridgehead atoms. The lowest BCUT2D eigenvalue weighted by atomic mass is 9.91. The second-order valence-electron chi connectivity index (χ2n) is 9.63. The zero-order valence-electron chi connectivity index (χ0n) is 20.6. The third kappa shape index (κ3) is 4.51. The van der Waals surface area contributed by atoms with Crippen molar-refractivity contribution in [3.8, 4) is 33.6 Å². The Morgan fingerprint density at radius 3 is 1.47 bits per heavy atom. The fraction of sp³-hybridized carbons (Fsp3) is 0.0938. The normalized spacial score (nSPS) is 12.6. The maximum Gasteiger partial charge on any atom is 0.673 e. The third-order valence-electron chi connectivity index (χ3n) is 7.24.